The van der Waals surface area contributed by atoms with Crippen LogP contribution in [0.3, 0.4) is 0 Å². The highest BCUT2D eigenvalue weighted by molar-refractivity contribution is 7.98. The van der Waals surface area contributed by atoms with Crippen molar-refractivity contribution < 1.29 is 14.1 Å². The first-order chi connectivity index (χ1) is 14.6. The van der Waals surface area contributed by atoms with Gasteiger partial charge in [-0.2, -0.15) is 0 Å². The summed E-state index contributed by atoms with van der Waals surface area (Å²) in [6.07, 6.45) is 3.92. The first kappa shape index (κ1) is 20.9. The van der Waals surface area contributed by atoms with Crippen LogP contribution >= 0.6 is 11.8 Å². The quantitative estimate of drug-likeness (QED) is 0.650. The third kappa shape index (κ3) is 5.02. The lowest BCUT2D eigenvalue weighted by molar-refractivity contribution is -0.131. The Hall–Kier alpha value is -2.39. The van der Waals surface area contributed by atoms with Crippen LogP contribution in [0.2, 0.25) is 0 Å². The van der Waals surface area contributed by atoms with Crippen molar-refractivity contribution in [3.63, 3.8) is 0 Å². The Labute approximate surface area is 180 Å². The maximum absolute atomic E-state index is 13.1. The molecule has 0 aromatic carbocycles. The number of aromatic nitrogens is 2. The predicted octanol–water partition coefficient (Wildman–Crippen LogP) is 2.05. The van der Waals surface area contributed by atoms with E-state index in [0.717, 1.165) is 37.4 Å². The van der Waals surface area contributed by atoms with Crippen molar-refractivity contribution in [2.45, 2.75) is 30.5 Å². The number of aryl methyl sites for hydroxylation is 1. The van der Waals surface area contributed by atoms with Crippen molar-refractivity contribution in [1.29, 1.82) is 0 Å². The lowest BCUT2D eigenvalue weighted by Gasteiger charge is -2.35. The summed E-state index contributed by atoms with van der Waals surface area (Å²) in [5, 5.41) is 4.70. The molecule has 9 heteroatoms. The van der Waals surface area contributed by atoms with Crippen LogP contribution in [0.25, 0.3) is 0 Å². The van der Waals surface area contributed by atoms with Crippen molar-refractivity contribution in [1.82, 2.24) is 24.8 Å². The lowest BCUT2D eigenvalue weighted by Crippen LogP contribution is -2.51. The van der Waals surface area contributed by atoms with E-state index < -0.39 is 0 Å². The molecule has 2 amide bonds. The Kier molecular flexibility index (Phi) is 6.69. The van der Waals surface area contributed by atoms with E-state index in [1.807, 2.05) is 28.9 Å². The number of amides is 2. The number of rotatable bonds is 6. The molecule has 0 atom stereocenters. The summed E-state index contributed by atoms with van der Waals surface area (Å²) in [5.41, 5.74) is 1.45. The zero-order valence-electron chi connectivity index (χ0n) is 17.2. The van der Waals surface area contributed by atoms with Gasteiger partial charge in [-0.25, -0.2) is 4.98 Å². The highest BCUT2D eigenvalue weighted by Crippen LogP contribution is 2.25. The Bertz CT molecular complexity index is 888. The van der Waals surface area contributed by atoms with Crippen LogP contribution in [0.15, 0.2) is 33.9 Å². The fraction of sp³-hybridized carbons (Fsp3) is 0.524. The Morgan fingerprint density at radius 3 is 2.57 bits per heavy atom. The maximum Gasteiger partial charge on any atom is 0.256 e. The molecule has 2 aliphatic rings. The number of likely N-dealkylation sites (tertiary alicyclic amines) is 1. The van der Waals surface area contributed by atoms with Crippen molar-refractivity contribution in [3.8, 4) is 0 Å². The van der Waals surface area contributed by atoms with Crippen LogP contribution in [0, 0.1) is 6.92 Å². The fourth-order valence-corrected chi connectivity index (χ4v) is 4.70. The normalized spacial score (nSPS) is 17.5. The van der Waals surface area contributed by atoms with E-state index >= 15 is 0 Å². The van der Waals surface area contributed by atoms with E-state index in [1.54, 1.807) is 12.3 Å². The summed E-state index contributed by atoms with van der Waals surface area (Å²) in [7, 11) is 0. The maximum atomic E-state index is 13.1. The van der Waals surface area contributed by atoms with Gasteiger partial charge in [0, 0.05) is 57.3 Å². The summed E-state index contributed by atoms with van der Waals surface area (Å²) >= 11 is 1.49. The predicted molar refractivity (Wildman–Crippen MR) is 113 cm³/mol. The number of hydrogen-bond donors (Lipinski definition) is 0. The molecule has 2 aromatic rings. The molecule has 0 radical (unpaired) electrons. The lowest BCUT2D eigenvalue weighted by atomic mass is 10.2. The average Bonchev–Trinajstić information content (AvgIpc) is 3.44. The minimum absolute atomic E-state index is 0.00699. The van der Waals surface area contributed by atoms with Crippen LogP contribution in [-0.4, -0.2) is 82.5 Å². The molecular formula is C21H27N5O3S. The molecular weight excluding hydrogens is 402 g/mol. The van der Waals surface area contributed by atoms with Crippen molar-refractivity contribution in [2.75, 3.05) is 45.8 Å². The number of piperazine rings is 1. The molecule has 8 nitrogen and oxygen atoms in total. The second-order valence-corrected chi connectivity index (χ2v) is 8.69. The third-order valence-electron chi connectivity index (χ3n) is 5.51. The van der Waals surface area contributed by atoms with Gasteiger partial charge in [-0.05, 0) is 31.9 Å². The van der Waals surface area contributed by atoms with Crippen LogP contribution in [0.4, 0.5) is 0 Å². The molecule has 4 heterocycles. The monoisotopic (exact) mass is 429 g/mol. The number of carbonyl (C=O) groups excluding carboxylic acids is 2. The molecule has 0 aliphatic carbocycles. The molecule has 2 aromatic heterocycles. The molecule has 0 bridgehead atoms. The number of hydrogen-bond acceptors (Lipinski definition) is 7. The smallest absolute Gasteiger partial charge is 0.256 e. The minimum atomic E-state index is -0.00699. The molecule has 30 heavy (non-hydrogen) atoms. The van der Waals surface area contributed by atoms with E-state index in [9.17, 15) is 9.59 Å². The first-order valence-corrected chi connectivity index (χ1v) is 11.4. The molecule has 2 saturated heterocycles. The van der Waals surface area contributed by atoms with Crippen molar-refractivity contribution in [2.24, 2.45) is 0 Å². The zero-order valence-corrected chi connectivity index (χ0v) is 18.1. The van der Waals surface area contributed by atoms with Gasteiger partial charge in [0.25, 0.3) is 5.91 Å². The molecule has 160 valence electrons. The van der Waals surface area contributed by atoms with Crippen molar-refractivity contribution >= 4 is 23.6 Å². The van der Waals surface area contributed by atoms with Crippen molar-refractivity contribution in [3.05, 3.63) is 41.4 Å². The van der Waals surface area contributed by atoms with Crippen LogP contribution in [-0.2, 0) is 10.5 Å². The molecule has 2 fully saturated rings. The summed E-state index contributed by atoms with van der Waals surface area (Å²) in [5.74, 6) is 1.57. The topological polar surface area (TPSA) is 82.8 Å². The summed E-state index contributed by atoms with van der Waals surface area (Å²) < 4.78 is 5.11. The van der Waals surface area contributed by atoms with E-state index in [4.69, 9.17) is 4.52 Å². The van der Waals surface area contributed by atoms with Crippen LogP contribution in [0.5, 0.6) is 0 Å². The average molecular weight is 430 g/mol. The highest BCUT2D eigenvalue weighted by Gasteiger charge is 2.27. The fourth-order valence-electron chi connectivity index (χ4n) is 3.83. The van der Waals surface area contributed by atoms with E-state index in [2.05, 4.69) is 15.0 Å². The van der Waals surface area contributed by atoms with Gasteiger partial charge in [0.2, 0.25) is 5.91 Å². The van der Waals surface area contributed by atoms with Gasteiger partial charge in [-0.1, -0.05) is 16.9 Å². The van der Waals surface area contributed by atoms with Gasteiger partial charge in [0.05, 0.1) is 17.8 Å². The van der Waals surface area contributed by atoms with E-state index in [-0.39, 0.29) is 11.8 Å². The summed E-state index contributed by atoms with van der Waals surface area (Å²) in [4.78, 5) is 35.9. The highest BCUT2D eigenvalue weighted by atomic mass is 32.2. The van der Waals surface area contributed by atoms with E-state index in [0.29, 0.717) is 49.1 Å². The molecule has 4 rings (SSSR count). The number of pyridine rings is 1. The number of thioether (sulfide) groups is 1. The largest absolute Gasteiger partial charge is 0.361 e. The Balaban J connectivity index is 1.32. The van der Waals surface area contributed by atoms with Gasteiger partial charge in [-0.15, -0.1) is 0 Å². The van der Waals surface area contributed by atoms with Gasteiger partial charge in [0.1, 0.15) is 10.8 Å². The molecule has 0 spiro atoms. The van der Waals surface area contributed by atoms with Gasteiger partial charge in [-0.3, -0.25) is 14.5 Å². The Morgan fingerprint density at radius 1 is 1.10 bits per heavy atom. The van der Waals surface area contributed by atoms with Gasteiger partial charge >= 0.3 is 0 Å². The molecule has 0 unspecified atom stereocenters. The SMILES string of the molecule is Cc1cc(CSc2ncccc2C(=O)N2CCN(CC(=O)N3CCCC3)CC2)no1. The Morgan fingerprint density at radius 2 is 1.87 bits per heavy atom. The second-order valence-electron chi connectivity index (χ2n) is 7.73. The summed E-state index contributed by atoms with van der Waals surface area (Å²) in [6, 6.07) is 5.51. The van der Waals surface area contributed by atoms with E-state index in [1.165, 1.54) is 11.8 Å². The number of nitrogens with zero attached hydrogens (tertiary/aromatic N) is 5. The summed E-state index contributed by atoms with van der Waals surface area (Å²) in [6.45, 7) is 6.74. The molecule has 0 saturated carbocycles. The van der Waals surface area contributed by atoms with Gasteiger partial charge < -0.3 is 14.3 Å². The zero-order chi connectivity index (χ0) is 20.9. The third-order valence-corrected chi connectivity index (χ3v) is 6.55. The van der Waals surface area contributed by atoms with Crippen LogP contribution in [0.1, 0.15) is 34.7 Å². The molecule has 2 aliphatic heterocycles. The first-order valence-electron chi connectivity index (χ1n) is 10.4. The second kappa shape index (κ2) is 9.61. The minimum Gasteiger partial charge on any atom is -0.361 e. The standard InChI is InChI=1S/C21H27N5O3S/c1-16-13-17(23-29-16)15-30-20-18(5-4-6-22-20)21(28)26-11-9-24(10-12-26)14-19(27)25-7-2-3-8-25/h4-6,13H,2-3,7-12,14-15H2,1H3. The van der Waals surface area contributed by atoms with Crippen LogP contribution < -0.4 is 0 Å². The van der Waals surface area contributed by atoms with Gasteiger partial charge in [0.15, 0.2) is 0 Å². The number of carbonyl (C=O) groups is 2. The molecule has 0 N–H and O–H groups in total.